The molecule has 3 atom stereocenters. The predicted octanol–water partition coefficient (Wildman–Crippen LogP) is 3.65. The molecule has 2 saturated carbocycles. The number of piperazine rings is 1. The zero-order valence-electron chi connectivity index (χ0n) is 15.1. The van der Waals surface area contributed by atoms with E-state index in [0.717, 1.165) is 11.8 Å². The van der Waals surface area contributed by atoms with Crippen molar-refractivity contribution in [2.45, 2.75) is 37.0 Å². The standard InChI is InChI=1S/C19H24Cl2N2O3S/c20-16-3-4-17(21)18(12-16)27(25,26)23-7-5-22(6-8-23)19(24)11-15-10-13-1-2-14(15)9-13/h3-4,12-15H,1-2,5-11H2. The van der Waals surface area contributed by atoms with Crippen LogP contribution in [0.2, 0.25) is 10.0 Å². The Bertz CT molecular complexity index is 837. The minimum absolute atomic E-state index is 0.0263. The maximum absolute atomic E-state index is 12.9. The lowest BCUT2D eigenvalue weighted by Crippen LogP contribution is -2.50. The number of carbonyl (C=O) groups excluding carboxylic acids is 1. The van der Waals surface area contributed by atoms with Crippen LogP contribution in [0, 0.1) is 17.8 Å². The summed E-state index contributed by atoms with van der Waals surface area (Å²) in [5.41, 5.74) is 0. The van der Waals surface area contributed by atoms with E-state index in [9.17, 15) is 13.2 Å². The lowest BCUT2D eigenvalue weighted by Gasteiger charge is -2.35. The molecule has 0 radical (unpaired) electrons. The molecular weight excluding hydrogens is 407 g/mol. The Labute approximate surface area is 170 Å². The summed E-state index contributed by atoms with van der Waals surface area (Å²) in [5.74, 6) is 2.26. The molecule has 0 aromatic heterocycles. The zero-order chi connectivity index (χ0) is 19.2. The van der Waals surface area contributed by atoms with E-state index in [2.05, 4.69) is 0 Å². The number of benzene rings is 1. The summed E-state index contributed by atoms with van der Waals surface area (Å²) in [6.45, 7) is 1.43. The van der Waals surface area contributed by atoms with Crippen LogP contribution in [0.15, 0.2) is 23.1 Å². The molecule has 3 fully saturated rings. The molecule has 2 bridgehead atoms. The molecule has 2 aliphatic carbocycles. The van der Waals surface area contributed by atoms with Gasteiger partial charge in [0.15, 0.2) is 0 Å². The summed E-state index contributed by atoms with van der Waals surface area (Å²) in [7, 11) is -3.71. The van der Waals surface area contributed by atoms with Crippen molar-refractivity contribution in [3.8, 4) is 0 Å². The van der Waals surface area contributed by atoms with Crippen molar-refractivity contribution < 1.29 is 13.2 Å². The van der Waals surface area contributed by atoms with Crippen LogP contribution < -0.4 is 0 Å². The van der Waals surface area contributed by atoms with Crippen LogP contribution in [0.25, 0.3) is 0 Å². The highest BCUT2D eigenvalue weighted by Gasteiger charge is 2.41. The van der Waals surface area contributed by atoms with Crippen molar-refractivity contribution in [3.05, 3.63) is 28.2 Å². The Morgan fingerprint density at radius 1 is 1.07 bits per heavy atom. The number of amides is 1. The smallest absolute Gasteiger partial charge is 0.244 e. The first kappa shape index (κ1) is 19.5. The second-order valence-electron chi connectivity index (χ2n) is 8.00. The molecule has 1 aliphatic heterocycles. The van der Waals surface area contributed by atoms with Gasteiger partial charge in [-0.2, -0.15) is 4.31 Å². The molecule has 1 saturated heterocycles. The maximum atomic E-state index is 12.9. The maximum Gasteiger partial charge on any atom is 0.244 e. The Balaban J connectivity index is 1.37. The average molecular weight is 431 g/mol. The highest BCUT2D eigenvalue weighted by Crippen LogP contribution is 2.49. The number of halogens is 2. The summed E-state index contributed by atoms with van der Waals surface area (Å²) in [6, 6.07) is 4.44. The number of rotatable bonds is 4. The van der Waals surface area contributed by atoms with Crippen molar-refractivity contribution in [2.24, 2.45) is 17.8 Å². The number of nitrogens with zero attached hydrogens (tertiary/aromatic N) is 2. The topological polar surface area (TPSA) is 57.7 Å². The molecule has 0 N–H and O–H groups in total. The minimum Gasteiger partial charge on any atom is -0.340 e. The molecule has 1 heterocycles. The van der Waals surface area contributed by atoms with E-state index in [0.29, 0.717) is 30.5 Å². The van der Waals surface area contributed by atoms with Gasteiger partial charge >= 0.3 is 0 Å². The second-order valence-corrected chi connectivity index (χ2v) is 10.7. The third-order valence-electron chi connectivity index (χ3n) is 6.42. The normalized spacial score (nSPS) is 28.7. The van der Waals surface area contributed by atoms with E-state index in [-0.39, 0.29) is 28.9 Å². The highest BCUT2D eigenvalue weighted by atomic mass is 35.5. The quantitative estimate of drug-likeness (QED) is 0.731. The Hall–Kier alpha value is -0.820. The minimum atomic E-state index is -3.71. The first-order valence-electron chi connectivity index (χ1n) is 9.57. The van der Waals surface area contributed by atoms with Gasteiger partial charge in [0.2, 0.25) is 15.9 Å². The molecular formula is C19H24Cl2N2O3S. The lowest BCUT2D eigenvalue weighted by atomic mass is 9.86. The largest absolute Gasteiger partial charge is 0.340 e. The third-order valence-corrected chi connectivity index (χ3v) is 9.04. The average Bonchev–Trinajstić information content (AvgIpc) is 3.27. The van der Waals surface area contributed by atoms with E-state index in [1.807, 2.05) is 4.90 Å². The van der Waals surface area contributed by atoms with Crippen LogP contribution in [0.1, 0.15) is 32.1 Å². The number of carbonyl (C=O) groups is 1. The molecule has 1 aromatic rings. The van der Waals surface area contributed by atoms with Crippen molar-refractivity contribution >= 4 is 39.1 Å². The van der Waals surface area contributed by atoms with Crippen LogP contribution in [0.3, 0.4) is 0 Å². The van der Waals surface area contributed by atoms with E-state index in [4.69, 9.17) is 23.2 Å². The van der Waals surface area contributed by atoms with Gasteiger partial charge in [-0.1, -0.05) is 29.6 Å². The van der Waals surface area contributed by atoms with Gasteiger partial charge in [0.1, 0.15) is 4.90 Å². The highest BCUT2D eigenvalue weighted by molar-refractivity contribution is 7.89. The third kappa shape index (κ3) is 3.86. The van der Waals surface area contributed by atoms with Gasteiger partial charge in [0.05, 0.1) is 5.02 Å². The summed E-state index contributed by atoms with van der Waals surface area (Å²) in [4.78, 5) is 14.5. The van der Waals surface area contributed by atoms with Crippen molar-refractivity contribution in [1.29, 1.82) is 0 Å². The fraction of sp³-hybridized carbons (Fsp3) is 0.632. The Morgan fingerprint density at radius 3 is 2.44 bits per heavy atom. The summed E-state index contributed by atoms with van der Waals surface area (Å²) in [5, 5.41) is 0.492. The lowest BCUT2D eigenvalue weighted by molar-refractivity contribution is -0.133. The van der Waals surface area contributed by atoms with Gasteiger partial charge in [-0.25, -0.2) is 8.42 Å². The first-order chi connectivity index (χ1) is 12.8. The van der Waals surface area contributed by atoms with Crippen molar-refractivity contribution in [3.63, 3.8) is 0 Å². The van der Waals surface area contributed by atoms with Crippen LogP contribution in [0.5, 0.6) is 0 Å². The van der Waals surface area contributed by atoms with Gasteiger partial charge in [0.25, 0.3) is 0 Å². The molecule has 5 nitrogen and oxygen atoms in total. The molecule has 8 heteroatoms. The van der Waals surface area contributed by atoms with Gasteiger partial charge in [-0.15, -0.1) is 0 Å². The molecule has 3 unspecified atom stereocenters. The van der Waals surface area contributed by atoms with Crippen LogP contribution in [0.4, 0.5) is 0 Å². The van der Waals surface area contributed by atoms with Crippen LogP contribution in [-0.2, 0) is 14.8 Å². The summed E-state index contributed by atoms with van der Waals surface area (Å²) in [6.07, 6.45) is 5.71. The first-order valence-corrected chi connectivity index (χ1v) is 11.8. The van der Waals surface area contributed by atoms with Crippen LogP contribution in [-0.4, -0.2) is 49.7 Å². The molecule has 4 rings (SSSR count). The molecule has 1 aromatic carbocycles. The van der Waals surface area contributed by atoms with E-state index in [1.165, 1.54) is 42.1 Å². The monoisotopic (exact) mass is 430 g/mol. The van der Waals surface area contributed by atoms with Gasteiger partial charge in [0, 0.05) is 37.6 Å². The Kier molecular flexibility index (Phi) is 5.45. The van der Waals surface area contributed by atoms with Gasteiger partial charge in [-0.05, 0) is 55.2 Å². The molecule has 0 spiro atoms. The summed E-state index contributed by atoms with van der Waals surface area (Å²) < 4.78 is 27.2. The second kappa shape index (κ2) is 7.54. The van der Waals surface area contributed by atoms with Gasteiger partial charge < -0.3 is 4.90 Å². The fourth-order valence-corrected chi connectivity index (χ4v) is 7.13. The fourth-order valence-electron chi connectivity index (χ4n) is 4.97. The van der Waals surface area contributed by atoms with Crippen molar-refractivity contribution in [1.82, 2.24) is 9.21 Å². The van der Waals surface area contributed by atoms with Crippen LogP contribution >= 0.6 is 23.2 Å². The Morgan fingerprint density at radius 2 is 1.81 bits per heavy atom. The molecule has 3 aliphatic rings. The van der Waals surface area contributed by atoms with Crippen molar-refractivity contribution in [2.75, 3.05) is 26.2 Å². The SMILES string of the molecule is O=C(CC1CC2CCC1C2)N1CCN(S(=O)(=O)c2cc(Cl)ccc2Cl)CC1. The van der Waals surface area contributed by atoms with E-state index >= 15 is 0 Å². The number of hydrogen-bond acceptors (Lipinski definition) is 3. The number of fused-ring (bicyclic) bond motifs is 2. The number of sulfonamides is 1. The predicted molar refractivity (Wildman–Crippen MR) is 105 cm³/mol. The molecule has 1 amide bonds. The zero-order valence-corrected chi connectivity index (χ0v) is 17.4. The summed E-state index contributed by atoms with van der Waals surface area (Å²) >= 11 is 12.0. The van der Waals surface area contributed by atoms with E-state index < -0.39 is 10.0 Å². The number of hydrogen-bond donors (Lipinski definition) is 0. The molecule has 148 valence electrons. The van der Waals surface area contributed by atoms with Gasteiger partial charge in [-0.3, -0.25) is 4.79 Å². The molecule has 27 heavy (non-hydrogen) atoms. The van der Waals surface area contributed by atoms with E-state index in [1.54, 1.807) is 6.07 Å².